The number of fused-ring (bicyclic) bond motifs is 2. The Labute approximate surface area is 427 Å². The SMILES string of the molecule is CCCCCCCCCc1ccc2cc(S(=O)(=O)[O-])cc(CCCCCCCCC)c2c1.CCCCCCCCCc1ccc2cc(S(=O)(=O)[O-])cc(CCCCCCCCC)c2c1.[Ca+2]. The number of benzene rings is 4. The fraction of sp³-hybridized carbons (Fsp3) is 0.643. The van der Waals surface area contributed by atoms with E-state index in [1.807, 2.05) is 12.1 Å². The van der Waals surface area contributed by atoms with E-state index in [9.17, 15) is 25.9 Å². The summed E-state index contributed by atoms with van der Waals surface area (Å²) in [6.45, 7) is 8.95. The van der Waals surface area contributed by atoms with Crippen LogP contribution in [0.2, 0.25) is 0 Å². The Morgan fingerprint density at radius 2 is 0.600 bits per heavy atom. The average Bonchev–Trinajstić information content (AvgIpc) is 3.27. The van der Waals surface area contributed by atoms with E-state index in [-0.39, 0.29) is 47.5 Å². The molecule has 4 aromatic carbocycles. The molecule has 65 heavy (non-hydrogen) atoms. The first-order valence-corrected chi connectivity index (χ1v) is 28.8. The van der Waals surface area contributed by atoms with Crippen LogP contribution in [-0.4, -0.2) is 63.7 Å². The molecule has 0 saturated heterocycles. The summed E-state index contributed by atoms with van der Waals surface area (Å²) in [5.41, 5.74) is 4.63. The van der Waals surface area contributed by atoms with Gasteiger partial charge < -0.3 is 9.11 Å². The van der Waals surface area contributed by atoms with Crippen LogP contribution in [0.1, 0.15) is 230 Å². The van der Waals surface area contributed by atoms with Crippen LogP contribution in [0, 0.1) is 0 Å². The normalized spacial score (nSPS) is 11.8. The average molecular weight is 960 g/mol. The Bertz CT molecular complexity index is 1960. The summed E-state index contributed by atoms with van der Waals surface area (Å²) < 4.78 is 70.1. The molecule has 0 aliphatic carbocycles. The fourth-order valence-electron chi connectivity index (χ4n) is 9.03. The summed E-state index contributed by atoms with van der Waals surface area (Å²) >= 11 is 0. The summed E-state index contributed by atoms with van der Waals surface area (Å²) in [7, 11) is -8.90. The number of aryl methyl sites for hydroxylation is 4. The number of rotatable bonds is 34. The largest absolute Gasteiger partial charge is 2.00 e. The van der Waals surface area contributed by atoms with Gasteiger partial charge in [0.1, 0.15) is 20.2 Å². The molecule has 0 heterocycles. The van der Waals surface area contributed by atoms with Crippen LogP contribution in [-0.2, 0) is 45.9 Å². The van der Waals surface area contributed by atoms with Crippen LogP contribution >= 0.6 is 0 Å². The quantitative estimate of drug-likeness (QED) is 0.0262. The molecule has 0 saturated carbocycles. The maximum Gasteiger partial charge on any atom is 2.00 e. The first-order chi connectivity index (χ1) is 30.9. The van der Waals surface area contributed by atoms with Crippen molar-refractivity contribution in [1.29, 1.82) is 0 Å². The zero-order valence-corrected chi connectivity index (χ0v) is 45.2. The Kier molecular flexibility index (Phi) is 31.8. The molecule has 6 nitrogen and oxygen atoms in total. The van der Waals surface area contributed by atoms with Gasteiger partial charge in [-0.15, -0.1) is 0 Å². The van der Waals surface area contributed by atoms with Crippen LogP contribution in [0.15, 0.2) is 70.5 Å². The van der Waals surface area contributed by atoms with E-state index in [2.05, 4.69) is 52.0 Å². The fourth-order valence-corrected chi connectivity index (χ4v) is 10.2. The van der Waals surface area contributed by atoms with Gasteiger partial charge >= 0.3 is 37.7 Å². The van der Waals surface area contributed by atoms with Gasteiger partial charge in [0.15, 0.2) is 0 Å². The minimum Gasteiger partial charge on any atom is -0.744 e. The van der Waals surface area contributed by atoms with Crippen molar-refractivity contribution in [2.45, 2.75) is 243 Å². The maximum atomic E-state index is 11.7. The van der Waals surface area contributed by atoms with Gasteiger partial charge in [-0.25, -0.2) is 16.8 Å². The monoisotopic (exact) mass is 959 g/mol. The van der Waals surface area contributed by atoms with Crippen LogP contribution in [0.3, 0.4) is 0 Å². The molecule has 0 N–H and O–H groups in total. The number of hydrogen-bond donors (Lipinski definition) is 0. The zero-order chi connectivity index (χ0) is 46.5. The molecule has 4 aromatic rings. The zero-order valence-electron chi connectivity index (χ0n) is 41.4. The Morgan fingerprint density at radius 1 is 0.338 bits per heavy atom. The van der Waals surface area contributed by atoms with E-state index in [1.54, 1.807) is 24.3 Å². The Balaban J connectivity index is 0.000000440. The van der Waals surface area contributed by atoms with E-state index in [1.165, 1.54) is 165 Å². The van der Waals surface area contributed by atoms with Crippen LogP contribution < -0.4 is 0 Å². The molecule has 0 atom stereocenters. The van der Waals surface area contributed by atoms with Crippen molar-refractivity contribution in [3.63, 3.8) is 0 Å². The Morgan fingerprint density at radius 3 is 0.877 bits per heavy atom. The molecule has 0 radical (unpaired) electrons. The maximum absolute atomic E-state index is 11.7. The molecule has 0 bridgehead atoms. The summed E-state index contributed by atoms with van der Waals surface area (Å²) in [6.07, 6.45) is 39.0. The summed E-state index contributed by atoms with van der Waals surface area (Å²) in [6, 6.07) is 19.0. The molecular weight excluding hydrogens is 873 g/mol. The molecule has 4 rings (SSSR count). The molecule has 0 spiro atoms. The van der Waals surface area contributed by atoms with Gasteiger partial charge in [0, 0.05) is 0 Å². The van der Waals surface area contributed by atoms with Crippen molar-refractivity contribution in [2.75, 3.05) is 0 Å². The van der Waals surface area contributed by atoms with Gasteiger partial charge in [-0.3, -0.25) is 0 Å². The summed E-state index contributed by atoms with van der Waals surface area (Å²) in [5.74, 6) is 0. The van der Waals surface area contributed by atoms with E-state index < -0.39 is 20.2 Å². The minimum absolute atomic E-state index is 0. The molecule has 360 valence electrons. The van der Waals surface area contributed by atoms with Crippen molar-refractivity contribution in [2.24, 2.45) is 0 Å². The van der Waals surface area contributed by atoms with E-state index in [4.69, 9.17) is 0 Å². The van der Waals surface area contributed by atoms with Crippen LogP contribution in [0.4, 0.5) is 0 Å². The third kappa shape index (κ3) is 24.6. The van der Waals surface area contributed by atoms with Gasteiger partial charge in [0.05, 0.1) is 9.79 Å². The van der Waals surface area contributed by atoms with Gasteiger partial charge in [-0.05, 0) is 119 Å². The second-order valence-corrected chi connectivity index (χ2v) is 21.4. The second kappa shape index (κ2) is 34.7. The number of unbranched alkanes of at least 4 members (excludes halogenated alkanes) is 24. The third-order valence-electron chi connectivity index (χ3n) is 13.0. The predicted octanol–water partition coefficient (Wildman–Crippen LogP) is 16.3. The van der Waals surface area contributed by atoms with Crippen molar-refractivity contribution in [1.82, 2.24) is 0 Å². The third-order valence-corrected chi connectivity index (χ3v) is 14.6. The molecule has 0 fully saturated rings. The summed E-state index contributed by atoms with van der Waals surface area (Å²) in [4.78, 5) is -0.189. The second-order valence-electron chi connectivity index (χ2n) is 18.7. The topological polar surface area (TPSA) is 114 Å². The van der Waals surface area contributed by atoms with Crippen molar-refractivity contribution in [3.05, 3.63) is 82.9 Å². The summed E-state index contributed by atoms with van der Waals surface area (Å²) in [5, 5.41) is 3.96. The first kappa shape index (κ1) is 59.6. The van der Waals surface area contributed by atoms with Gasteiger partial charge in [0.2, 0.25) is 0 Å². The van der Waals surface area contributed by atoms with Gasteiger partial charge in [-0.2, -0.15) is 0 Å². The van der Waals surface area contributed by atoms with E-state index in [0.29, 0.717) is 0 Å². The van der Waals surface area contributed by atoms with Crippen LogP contribution in [0.5, 0.6) is 0 Å². The molecule has 0 aromatic heterocycles. The van der Waals surface area contributed by atoms with E-state index >= 15 is 0 Å². The Hall–Kier alpha value is -1.52. The smallest absolute Gasteiger partial charge is 0.744 e. The molecule has 0 aliphatic heterocycles. The standard InChI is InChI=1S/2C28H44O3S.Ca/c2*1-3-5-7-9-11-13-15-17-24-19-20-26-23-27(32(29,30)31)22-25(28(26)21-24)18-16-14-12-10-8-6-4-2;/h2*19-23H,3-18H2,1-2H3,(H,29,30,31);/q;;+2/p-2. The van der Waals surface area contributed by atoms with Crippen molar-refractivity contribution < 1.29 is 25.9 Å². The van der Waals surface area contributed by atoms with Crippen molar-refractivity contribution >= 4 is 79.5 Å². The molecule has 0 aliphatic rings. The minimum atomic E-state index is -4.45. The number of hydrogen-bond acceptors (Lipinski definition) is 6. The van der Waals surface area contributed by atoms with Crippen LogP contribution in [0.25, 0.3) is 21.5 Å². The predicted molar refractivity (Wildman–Crippen MR) is 276 cm³/mol. The first-order valence-electron chi connectivity index (χ1n) is 25.9. The molecular formula is C56H86CaO6S2. The van der Waals surface area contributed by atoms with Crippen molar-refractivity contribution in [3.8, 4) is 0 Å². The van der Waals surface area contributed by atoms with Gasteiger partial charge in [0.25, 0.3) is 0 Å². The molecule has 9 heteroatoms. The molecule has 0 unspecified atom stereocenters. The van der Waals surface area contributed by atoms with Gasteiger partial charge in [-0.1, -0.05) is 218 Å². The van der Waals surface area contributed by atoms with E-state index in [0.717, 1.165) is 84.0 Å². The molecule has 0 amide bonds.